The summed E-state index contributed by atoms with van der Waals surface area (Å²) in [4.78, 5) is 1.42. The summed E-state index contributed by atoms with van der Waals surface area (Å²) in [6.07, 6.45) is 4.53. The fraction of sp³-hybridized carbons (Fsp3) is 0.143. The van der Waals surface area contributed by atoms with Gasteiger partial charge >= 0.3 is 0 Å². The second-order valence-electron chi connectivity index (χ2n) is 5.79. The maximum absolute atomic E-state index is 2.31. The van der Waals surface area contributed by atoms with Crippen molar-refractivity contribution in [3.8, 4) is 22.3 Å². The predicted octanol–water partition coefficient (Wildman–Crippen LogP) is 5.57. The van der Waals surface area contributed by atoms with Crippen molar-refractivity contribution in [3.05, 3.63) is 78.4 Å². The maximum atomic E-state index is 2.31. The lowest BCUT2D eigenvalue weighted by Gasteiger charge is -2.06. The van der Waals surface area contributed by atoms with E-state index in [1.54, 1.807) is 0 Å². The van der Waals surface area contributed by atoms with Crippen molar-refractivity contribution >= 4 is 10.9 Å². The van der Waals surface area contributed by atoms with Crippen LogP contribution in [0.2, 0.25) is 0 Å². The third-order valence-electron chi connectivity index (χ3n) is 3.91. The molecule has 0 radical (unpaired) electrons. The van der Waals surface area contributed by atoms with Crippen LogP contribution in [0.25, 0.3) is 22.3 Å². The average molecular weight is 305 g/mol. The van der Waals surface area contributed by atoms with E-state index < -0.39 is 0 Å². The van der Waals surface area contributed by atoms with Crippen molar-refractivity contribution in [2.45, 2.75) is 11.8 Å². The van der Waals surface area contributed by atoms with Crippen molar-refractivity contribution in [2.24, 2.45) is 0 Å². The van der Waals surface area contributed by atoms with E-state index in [4.69, 9.17) is 0 Å². The summed E-state index contributed by atoms with van der Waals surface area (Å²) in [5.41, 5.74) is 6.42. The Morgan fingerprint density at radius 1 is 0.591 bits per heavy atom. The van der Waals surface area contributed by atoms with Gasteiger partial charge in [0.1, 0.15) is 12.5 Å². The fourth-order valence-electron chi connectivity index (χ4n) is 2.53. The largest absolute Gasteiger partial charge is 0.154 e. The van der Waals surface area contributed by atoms with Crippen LogP contribution >= 0.6 is 0 Å². The first-order valence-corrected chi connectivity index (χ1v) is 9.53. The Bertz CT molecular complexity index is 753. The molecular weight excluding hydrogens is 284 g/mol. The lowest BCUT2D eigenvalue weighted by Crippen LogP contribution is -1.95. The molecule has 0 saturated carbocycles. The number of rotatable bonds is 3. The summed E-state index contributed by atoms with van der Waals surface area (Å²) in [6.45, 7) is 2.12. The van der Waals surface area contributed by atoms with E-state index in [2.05, 4.69) is 92.2 Å². The topological polar surface area (TPSA) is 0 Å². The van der Waals surface area contributed by atoms with E-state index in [9.17, 15) is 0 Å². The SMILES string of the molecule is Cc1ccc(-c2ccc(-c3cccc([S+](C)C)c3)cc2)cc1. The fourth-order valence-corrected chi connectivity index (χ4v) is 3.24. The summed E-state index contributed by atoms with van der Waals surface area (Å²) in [6, 6.07) is 26.4. The summed E-state index contributed by atoms with van der Waals surface area (Å²) >= 11 is 0. The van der Waals surface area contributed by atoms with Gasteiger partial charge < -0.3 is 0 Å². The second kappa shape index (κ2) is 6.41. The minimum atomic E-state index is 0.301. The third-order valence-corrected chi connectivity index (χ3v) is 5.11. The normalized spacial score (nSPS) is 10.9. The highest BCUT2D eigenvalue weighted by Gasteiger charge is 2.09. The van der Waals surface area contributed by atoms with Crippen molar-refractivity contribution in [1.82, 2.24) is 0 Å². The predicted molar refractivity (Wildman–Crippen MR) is 99.5 cm³/mol. The molecule has 3 rings (SSSR count). The second-order valence-corrected chi connectivity index (χ2v) is 7.89. The Morgan fingerprint density at radius 2 is 1.09 bits per heavy atom. The quantitative estimate of drug-likeness (QED) is 0.555. The zero-order chi connectivity index (χ0) is 15.5. The van der Waals surface area contributed by atoms with Gasteiger partial charge in [0.25, 0.3) is 0 Å². The Morgan fingerprint density at radius 3 is 1.64 bits per heavy atom. The van der Waals surface area contributed by atoms with Gasteiger partial charge in [-0.25, -0.2) is 0 Å². The Kier molecular flexibility index (Phi) is 4.35. The molecule has 0 aliphatic carbocycles. The summed E-state index contributed by atoms with van der Waals surface area (Å²) in [5.74, 6) is 0. The van der Waals surface area contributed by atoms with Crippen molar-refractivity contribution in [1.29, 1.82) is 0 Å². The highest BCUT2D eigenvalue weighted by Crippen LogP contribution is 2.26. The molecule has 1 heteroatoms. The molecule has 0 nitrogen and oxygen atoms in total. The molecule has 0 aliphatic heterocycles. The van der Waals surface area contributed by atoms with Gasteiger partial charge in [-0.2, -0.15) is 0 Å². The molecule has 0 amide bonds. The summed E-state index contributed by atoms with van der Waals surface area (Å²) in [7, 11) is 0.301. The molecule has 0 atom stereocenters. The minimum Gasteiger partial charge on any atom is -0.0587 e. The van der Waals surface area contributed by atoms with Gasteiger partial charge in [0.15, 0.2) is 4.90 Å². The monoisotopic (exact) mass is 305 g/mol. The molecule has 0 aromatic heterocycles. The molecule has 0 bridgehead atoms. The van der Waals surface area contributed by atoms with Gasteiger partial charge in [0.2, 0.25) is 0 Å². The van der Waals surface area contributed by atoms with Crippen LogP contribution in [0, 0.1) is 6.92 Å². The average Bonchev–Trinajstić information content (AvgIpc) is 2.56. The first-order chi connectivity index (χ1) is 10.6. The zero-order valence-electron chi connectivity index (χ0n) is 13.3. The highest BCUT2D eigenvalue weighted by molar-refractivity contribution is 7.95. The molecule has 0 spiro atoms. The van der Waals surface area contributed by atoms with Crippen molar-refractivity contribution in [3.63, 3.8) is 0 Å². The van der Waals surface area contributed by atoms with Gasteiger partial charge in [-0.3, -0.25) is 0 Å². The maximum Gasteiger partial charge on any atom is 0.154 e. The standard InChI is InChI=1S/C21H21S/c1-16-7-9-17(10-8-16)18-11-13-19(14-12-18)20-5-4-6-21(15-20)22(2)3/h4-15H,1-3H3/q+1. The molecule has 0 heterocycles. The van der Waals surface area contributed by atoms with Crippen LogP contribution in [0.5, 0.6) is 0 Å². The Labute approximate surface area is 136 Å². The van der Waals surface area contributed by atoms with Crippen LogP contribution in [0.4, 0.5) is 0 Å². The number of aryl methyl sites for hydroxylation is 1. The van der Waals surface area contributed by atoms with Crippen molar-refractivity contribution < 1.29 is 0 Å². The van der Waals surface area contributed by atoms with Crippen LogP contribution in [0.1, 0.15) is 5.56 Å². The van der Waals surface area contributed by atoms with E-state index >= 15 is 0 Å². The highest BCUT2D eigenvalue weighted by atomic mass is 32.2. The Hall–Kier alpha value is -1.99. The van der Waals surface area contributed by atoms with E-state index in [-0.39, 0.29) is 0 Å². The number of benzene rings is 3. The summed E-state index contributed by atoms with van der Waals surface area (Å²) in [5, 5.41) is 0. The number of hydrogen-bond donors (Lipinski definition) is 0. The molecule has 22 heavy (non-hydrogen) atoms. The molecule has 0 fully saturated rings. The smallest absolute Gasteiger partial charge is 0.0587 e. The molecule has 3 aromatic carbocycles. The van der Waals surface area contributed by atoms with E-state index in [0.717, 1.165) is 0 Å². The molecule has 0 aliphatic rings. The molecule has 0 N–H and O–H groups in total. The van der Waals surface area contributed by atoms with Gasteiger partial charge in [-0.05, 0) is 35.2 Å². The van der Waals surface area contributed by atoms with Gasteiger partial charge in [-0.1, -0.05) is 66.2 Å². The lowest BCUT2D eigenvalue weighted by molar-refractivity contribution is 1.44. The van der Waals surface area contributed by atoms with E-state index in [1.165, 1.54) is 32.7 Å². The molecular formula is C21H21S+. The van der Waals surface area contributed by atoms with E-state index in [0.29, 0.717) is 10.9 Å². The Balaban J connectivity index is 1.91. The van der Waals surface area contributed by atoms with Crippen molar-refractivity contribution in [2.75, 3.05) is 12.5 Å². The van der Waals surface area contributed by atoms with Gasteiger partial charge in [-0.15, -0.1) is 0 Å². The first-order valence-electron chi connectivity index (χ1n) is 7.48. The van der Waals surface area contributed by atoms with Gasteiger partial charge in [0.05, 0.1) is 0 Å². The third kappa shape index (κ3) is 3.26. The van der Waals surface area contributed by atoms with Gasteiger partial charge in [0, 0.05) is 17.0 Å². The molecule has 0 unspecified atom stereocenters. The van der Waals surface area contributed by atoms with Crippen LogP contribution < -0.4 is 0 Å². The van der Waals surface area contributed by atoms with Crippen LogP contribution in [-0.4, -0.2) is 12.5 Å². The van der Waals surface area contributed by atoms with Crippen LogP contribution in [0.3, 0.4) is 0 Å². The summed E-state index contributed by atoms with van der Waals surface area (Å²) < 4.78 is 0. The molecule has 110 valence electrons. The molecule has 3 aromatic rings. The molecule has 0 saturated heterocycles. The minimum absolute atomic E-state index is 0.301. The van der Waals surface area contributed by atoms with E-state index in [1.807, 2.05) is 0 Å². The van der Waals surface area contributed by atoms with Crippen LogP contribution in [0.15, 0.2) is 77.7 Å². The zero-order valence-corrected chi connectivity index (χ0v) is 14.2. The lowest BCUT2D eigenvalue weighted by atomic mass is 10.00. The first kappa shape index (κ1) is 14.9. The number of hydrogen-bond acceptors (Lipinski definition) is 0. The van der Waals surface area contributed by atoms with Crippen LogP contribution in [-0.2, 0) is 10.9 Å².